The number of morpholine rings is 1. The van der Waals surface area contributed by atoms with Gasteiger partial charge in [0.2, 0.25) is 5.91 Å². The van der Waals surface area contributed by atoms with Crippen LogP contribution >= 0.6 is 11.3 Å². The molecule has 116 valence electrons. The summed E-state index contributed by atoms with van der Waals surface area (Å²) in [5.41, 5.74) is 0. The number of amides is 1. The van der Waals surface area contributed by atoms with Gasteiger partial charge >= 0.3 is 0 Å². The summed E-state index contributed by atoms with van der Waals surface area (Å²) in [4.78, 5) is 17.0. The fourth-order valence-electron chi connectivity index (χ4n) is 3.03. The molecule has 3 heterocycles. The Morgan fingerprint density at radius 2 is 2.10 bits per heavy atom. The molecular weight excluding hydrogens is 288 g/mol. The van der Waals surface area contributed by atoms with Crippen molar-refractivity contribution in [2.45, 2.75) is 38.8 Å². The standard InChI is InChI=1S/C14H22N4O2S/c1-11-15-16-13(21-11)10-18-5-3-2-4-12(18)14(19)17-6-8-20-9-7-17/h12H,2-10H2,1H3/t12-/m1/s1. The molecule has 2 aliphatic rings. The van der Waals surface area contributed by atoms with E-state index in [0.29, 0.717) is 13.2 Å². The summed E-state index contributed by atoms with van der Waals surface area (Å²) in [6, 6.07) is 0.000978. The lowest BCUT2D eigenvalue weighted by Crippen LogP contribution is -2.53. The highest BCUT2D eigenvalue weighted by Gasteiger charge is 2.33. The van der Waals surface area contributed by atoms with Crippen LogP contribution in [0, 0.1) is 6.92 Å². The Hall–Kier alpha value is -1.05. The smallest absolute Gasteiger partial charge is 0.240 e. The Labute approximate surface area is 129 Å². The third kappa shape index (κ3) is 3.59. The molecule has 0 saturated carbocycles. The predicted molar refractivity (Wildman–Crippen MR) is 80.1 cm³/mol. The minimum Gasteiger partial charge on any atom is -0.378 e. The molecule has 1 aromatic heterocycles. The Balaban J connectivity index is 1.67. The normalized spacial score (nSPS) is 24.2. The van der Waals surface area contributed by atoms with E-state index < -0.39 is 0 Å². The number of rotatable bonds is 3. The molecule has 1 aromatic rings. The monoisotopic (exact) mass is 310 g/mol. The van der Waals surface area contributed by atoms with Crippen molar-refractivity contribution < 1.29 is 9.53 Å². The van der Waals surface area contributed by atoms with E-state index >= 15 is 0 Å². The summed E-state index contributed by atoms with van der Waals surface area (Å²) in [5.74, 6) is 0.263. The highest BCUT2D eigenvalue weighted by atomic mass is 32.1. The molecule has 6 nitrogen and oxygen atoms in total. The van der Waals surface area contributed by atoms with E-state index in [1.807, 2.05) is 11.8 Å². The van der Waals surface area contributed by atoms with E-state index in [2.05, 4.69) is 15.1 Å². The van der Waals surface area contributed by atoms with Gasteiger partial charge in [0.1, 0.15) is 10.0 Å². The summed E-state index contributed by atoms with van der Waals surface area (Å²) in [5, 5.41) is 10.3. The number of carbonyl (C=O) groups is 1. The van der Waals surface area contributed by atoms with Gasteiger partial charge in [-0.25, -0.2) is 0 Å². The second-order valence-electron chi connectivity index (χ2n) is 5.63. The Kier molecular flexibility index (Phi) is 4.82. The second-order valence-corrected chi connectivity index (χ2v) is 6.90. The quantitative estimate of drug-likeness (QED) is 0.835. The number of likely N-dealkylation sites (tertiary alicyclic amines) is 1. The molecule has 7 heteroatoms. The minimum atomic E-state index is 0.000978. The van der Waals surface area contributed by atoms with Gasteiger partial charge in [0.25, 0.3) is 0 Å². The first-order valence-corrected chi connectivity index (χ1v) is 8.45. The van der Waals surface area contributed by atoms with Crippen LogP contribution in [0.1, 0.15) is 29.3 Å². The topological polar surface area (TPSA) is 58.6 Å². The third-order valence-corrected chi connectivity index (χ3v) is 4.95. The summed E-state index contributed by atoms with van der Waals surface area (Å²) in [6.07, 6.45) is 3.24. The first-order chi connectivity index (χ1) is 10.2. The van der Waals surface area contributed by atoms with Gasteiger partial charge in [-0.05, 0) is 26.3 Å². The van der Waals surface area contributed by atoms with Crippen LogP contribution in [-0.4, -0.2) is 64.8 Å². The molecule has 2 saturated heterocycles. The van der Waals surface area contributed by atoms with Gasteiger partial charge in [-0.3, -0.25) is 9.69 Å². The molecule has 0 aromatic carbocycles. The number of aryl methyl sites for hydroxylation is 1. The van der Waals surface area contributed by atoms with Gasteiger partial charge < -0.3 is 9.64 Å². The molecule has 3 rings (SSSR count). The van der Waals surface area contributed by atoms with Gasteiger partial charge in [-0.15, -0.1) is 21.5 Å². The van der Waals surface area contributed by atoms with E-state index in [0.717, 1.165) is 55.5 Å². The van der Waals surface area contributed by atoms with Crippen molar-refractivity contribution in [2.24, 2.45) is 0 Å². The molecule has 0 unspecified atom stereocenters. The number of hydrogen-bond donors (Lipinski definition) is 0. The average molecular weight is 310 g/mol. The van der Waals surface area contributed by atoms with E-state index in [9.17, 15) is 4.79 Å². The van der Waals surface area contributed by atoms with Crippen molar-refractivity contribution >= 4 is 17.2 Å². The highest BCUT2D eigenvalue weighted by molar-refractivity contribution is 7.11. The van der Waals surface area contributed by atoms with Gasteiger partial charge in [0.05, 0.1) is 25.8 Å². The lowest BCUT2D eigenvalue weighted by Gasteiger charge is -2.38. The van der Waals surface area contributed by atoms with Crippen molar-refractivity contribution in [1.82, 2.24) is 20.0 Å². The van der Waals surface area contributed by atoms with Crippen LogP contribution in [0.15, 0.2) is 0 Å². The van der Waals surface area contributed by atoms with Crippen LogP contribution in [0.25, 0.3) is 0 Å². The van der Waals surface area contributed by atoms with Crippen LogP contribution in [0.5, 0.6) is 0 Å². The van der Waals surface area contributed by atoms with Gasteiger partial charge in [0.15, 0.2) is 0 Å². The van der Waals surface area contributed by atoms with Crippen LogP contribution in [0.4, 0.5) is 0 Å². The second kappa shape index (κ2) is 6.81. The summed E-state index contributed by atoms with van der Waals surface area (Å²) < 4.78 is 5.34. The zero-order valence-corrected chi connectivity index (χ0v) is 13.3. The SMILES string of the molecule is Cc1nnc(CN2CCCC[C@@H]2C(=O)N2CCOCC2)s1. The molecule has 2 aliphatic heterocycles. The zero-order chi connectivity index (χ0) is 14.7. The summed E-state index contributed by atoms with van der Waals surface area (Å²) in [6.45, 7) is 6.45. The number of nitrogens with zero attached hydrogens (tertiary/aromatic N) is 4. The maximum Gasteiger partial charge on any atom is 0.240 e. The number of hydrogen-bond acceptors (Lipinski definition) is 6. The lowest BCUT2D eigenvalue weighted by molar-refractivity contribution is -0.142. The van der Waals surface area contributed by atoms with Crippen LogP contribution in [0.3, 0.4) is 0 Å². The Bertz CT molecular complexity index is 487. The van der Waals surface area contributed by atoms with Crippen LogP contribution in [-0.2, 0) is 16.1 Å². The van der Waals surface area contributed by atoms with Crippen molar-refractivity contribution in [3.05, 3.63) is 10.0 Å². The van der Waals surface area contributed by atoms with Crippen molar-refractivity contribution in [2.75, 3.05) is 32.8 Å². The Morgan fingerprint density at radius 3 is 2.81 bits per heavy atom. The van der Waals surface area contributed by atoms with E-state index in [-0.39, 0.29) is 11.9 Å². The van der Waals surface area contributed by atoms with Crippen molar-refractivity contribution in [3.8, 4) is 0 Å². The number of aromatic nitrogens is 2. The summed E-state index contributed by atoms with van der Waals surface area (Å²) in [7, 11) is 0. The van der Waals surface area contributed by atoms with Crippen LogP contribution < -0.4 is 0 Å². The molecule has 0 aliphatic carbocycles. The molecule has 0 N–H and O–H groups in total. The maximum absolute atomic E-state index is 12.8. The molecular formula is C14H22N4O2S. The first kappa shape index (κ1) is 14.9. The Morgan fingerprint density at radius 1 is 1.29 bits per heavy atom. The molecule has 1 atom stereocenters. The number of piperidine rings is 1. The largest absolute Gasteiger partial charge is 0.378 e. The van der Waals surface area contributed by atoms with Gasteiger partial charge in [-0.1, -0.05) is 6.42 Å². The van der Waals surface area contributed by atoms with Crippen molar-refractivity contribution in [1.29, 1.82) is 0 Å². The highest BCUT2D eigenvalue weighted by Crippen LogP contribution is 2.22. The van der Waals surface area contributed by atoms with Gasteiger partial charge in [0, 0.05) is 13.1 Å². The number of ether oxygens (including phenoxy) is 1. The molecule has 0 radical (unpaired) electrons. The van der Waals surface area contributed by atoms with Crippen LogP contribution in [0.2, 0.25) is 0 Å². The van der Waals surface area contributed by atoms with Gasteiger partial charge in [-0.2, -0.15) is 0 Å². The zero-order valence-electron chi connectivity index (χ0n) is 12.5. The van der Waals surface area contributed by atoms with E-state index in [4.69, 9.17) is 4.74 Å². The molecule has 2 fully saturated rings. The van der Waals surface area contributed by atoms with E-state index in [1.54, 1.807) is 11.3 Å². The molecule has 1 amide bonds. The fraction of sp³-hybridized carbons (Fsp3) is 0.786. The minimum absolute atomic E-state index is 0.000978. The molecule has 0 spiro atoms. The fourth-order valence-corrected chi connectivity index (χ4v) is 3.76. The van der Waals surface area contributed by atoms with E-state index in [1.165, 1.54) is 0 Å². The summed E-state index contributed by atoms with van der Waals surface area (Å²) >= 11 is 1.62. The molecule has 0 bridgehead atoms. The lowest BCUT2D eigenvalue weighted by atomic mass is 10.0. The first-order valence-electron chi connectivity index (χ1n) is 7.63. The third-order valence-electron chi connectivity index (χ3n) is 4.13. The molecule has 21 heavy (non-hydrogen) atoms. The van der Waals surface area contributed by atoms with Crippen molar-refractivity contribution in [3.63, 3.8) is 0 Å². The number of carbonyl (C=O) groups excluding carboxylic acids is 1. The average Bonchev–Trinajstić information content (AvgIpc) is 2.93. The maximum atomic E-state index is 12.8. The predicted octanol–water partition coefficient (Wildman–Crippen LogP) is 1.06.